The lowest BCUT2D eigenvalue weighted by Crippen LogP contribution is -2.23. The van der Waals surface area contributed by atoms with Crippen molar-refractivity contribution in [3.63, 3.8) is 0 Å². The van der Waals surface area contributed by atoms with Gasteiger partial charge in [0.25, 0.3) is 0 Å². The van der Waals surface area contributed by atoms with Gasteiger partial charge in [0.15, 0.2) is 0 Å². The number of hydrogen-bond donors (Lipinski definition) is 0. The minimum Gasteiger partial charge on any atom is -0.469 e. The van der Waals surface area contributed by atoms with Crippen molar-refractivity contribution in [2.24, 2.45) is 5.92 Å². The van der Waals surface area contributed by atoms with Crippen LogP contribution >= 0.6 is 0 Å². The Hall–Kier alpha value is -1.35. The Morgan fingerprint density at radius 2 is 2.18 bits per heavy atom. The van der Waals surface area contributed by atoms with Gasteiger partial charge in [0, 0.05) is 19.0 Å². The van der Waals surface area contributed by atoms with Crippen molar-refractivity contribution >= 4 is 5.97 Å². The van der Waals surface area contributed by atoms with E-state index in [1.165, 1.54) is 18.2 Å². The number of esters is 1. The molecule has 0 aliphatic carbocycles. The van der Waals surface area contributed by atoms with Crippen molar-refractivity contribution in [3.8, 4) is 0 Å². The number of aryl methyl sites for hydroxylation is 1. The summed E-state index contributed by atoms with van der Waals surface area (Å²) in [5.41, 5.74) is 2.48. The van der Waals surface area contributed by atoms with Gasteiger partial charge in [0.05, 0.1) is 13.0 Å². The standard InChI is InChI=1S/C14H19NO2/c1-10-5-4-6-11(7-10)12-8-15(2)9-13(12)14(16)17-3/h4-7,12-13H,8-9H2,1-3H3. The van der Waals surface area contributed by atoms with Gasteiger partial charge < -0.3 is 9.64 Å². The third kappa shape index (κ3) is 2.50. The van der Waals surface area contributed by atoms with E-state index in [4.69, 9.17) is 4.74 Å². The van der Waals surface area contributed by atoms with Gasteiger partial charge in [-0.1, -0.05) is 29.8 Å². The van der Waals surface area contributed by atoms with E-state index in [0.717, 1.165) is 13.1 Å². The molecule has 0 saturated carbocycles. The topological polar surface area (TPSA) is 29.5 Å². The molecule has 2 atom stereocenters. The summed E-state index contributed by atoms with van der Waals surface area (Å²) < 4.78 is 4.90. The third-order valence-corrected chi connectivity index (χ3v) is 3.48. The van der Waals surface area contributed by atoms with Gasteiger partial charge in [-0.15, -0.1) is 0 Å². The number of rotatable bonds is 2. The molecule has 1 aliphatic rings. The molecule has 0 spiro atoms. The summed E-state index contributed by atoms with van der Waals surface area (Å²) in [5.74, 6) is 0.125. The van der Waals surface area contributed by atoms with Gasteiger partial charge in [-0.05, 0) is 19.5 Å². The van der Waals surface area contributed by atoms with Crippen LogP contribution in [0.3, 0.4) is 0 Å². The molecule has 0 amide bonds. The maximum atomic E-state index is 11.8. The van der Waals surface area contributed by atoms with Crippen LogP contribution < -0.4 is 0 Å². The first-order valence-electron chi connectivity index (χ1n) is 5.94. The predicted octanol–water partition coefficient (Wildman–Crippen LogP) is 1.81. The fourth-order valence-corrected chi connectivity index (χ4v) is 2.63. The van der Waals surface area contributed by atoms with Gasteiger partial charge >= 0.3 is 5.97 Å². The highest BCUT2D eigenvalue weighted by atomic mass is 16.5. The fraction of sp³-hybridized carbons (Fsp3) is 0.500. The average Bonchev–Trinajstić information content (AvgIpc) is 2.70. The van der Waals surface area contributed by atoms with E-state index < -0.39 is 0 Å². The van der Waals surface area contributed by atoms with Crippen molar-refractivity contribution in [1.82, 2.24) is 4.90 Å². The Morgan fingerprint density at radius 3 is 2.82 bits per heavy atom. The van der Waals surface area contributed by atoms with Crippen LogP contribution in [0, 0.1) is 12.8 Å². The summed E-state index contributed by atoms with van der Waals surface area (Å²) in [5, 5.41) is 0. The van der Waals surface area contributed by atoms with Crippen LogP contribution in [0.15, 0.2) is 24.3 Å². The van der Waals surface area contributed by atoms with Crippen molar-refractivity contribution in [3.05, 3.63) is 35.4 Å². The molecule has 2 rings (SSSR count). The van der Waals surface area contributed by atoms with E-state index in [0.29, 0.717) is 0 Å². The van der Waals surface area contributed by atoms with Crippen LogP contribution in [-0.4, -0.2) is 38.1 Å². The highest BCUT2D eigenvalue weighted by Gasteiger charge is 2.37. The van der Waals surface area contributed by atoms with Crippen molar-refractivity contribution in [2.45, 2.75) is 12.8 Å². The molecule has 92 valence electrons. The van der Waals surface area contributed by atoms with Crippen LogP contribution in [0.4, 0.5) is 0 Å². The second-order valence-corrected chi connectivity index (χ2v) is 4.87. The molecule has 1 heterocycles. The second-order valence-electron chi connectivity index (χ2n) is 4.87. The summed E-state index contributed by atoms with van der Waals surface area (Å²) >= 11 is 0. The lowest BCUT2D eigenvalue weighted by atomic mass is 9.88. The Kier molecular flexibility index (Phi) is 3.48. The number of hydrogen-bond acceptors (Lipinski definition) is 3. The number of likely N-dealkylation sites (tertiary alicyclic amines) is 1. The number of carbonyl (C=O) groups is 1. The van der Waals surface area contributed by atoms with Crippen molar-refractivity contribution in [2.75, 3.05) is 27.2 Å². The first-order chi connectivity index (χ1) is 8.11. The zero-order valence-corrected chi connectivity index (χ0v) is 10.6. The molecule has 1 aliphatic heterocycles. The normalized spacial score (nSPS) is 24.9. The number of carbonyl (C=O) groups excluding carboxylic acids is 1. The molecule has 1 fully saturated rings. The molecule has 0 radical (unpaired) electrons. The summed E-state index contributed by atoms with van der Waals surface area (Å²) in [6.45, 7) is 3.78. The zero-order valence-electron chi connectivity index (χ0n) is 10.6. The summed E-state index contributed by atoms with van der Waals surface area (Å²) in [7, 11) is 3.51. The molecule has 3 nitrogen and oxygen atoms in total. The molecule has 0 bridgehead atoms. The number of likely N-dealkylation sites (N-methyl/N-ethyl adjacent to an activating group) is 1. The molecular weight excluding hydrogens is 214 g/mol. The summed E-state index contributed by atoms with van der Waals surface area (Å²) in [6, 6.07) is 8.40. The molecular formula is C14H19NO2. The Bertz CT molecular complexity index is 416. The van der Waals surface area contributed by atoms with Crippen LogP contribution in [0.5, 0.6) is 0 Å². The van der Waals surface area contributed by atoms with Crippen LogP contribution in [0.25, 0.3) is 0 Å². The maximum absolute atomic E-state index is 11.8. The molecule has 3 heteroatoms. The lowest BCUT2D eigenvalue weighted by molar-refractivity contribution is -0.145. The van der Waals surface area contributed by atoms with E-state index in [2.05, 4.69) is 36.1 Å². The van der Waals surface area contributed by atoms with Gasteiger partial charge in [-0.3, -0.25) is 4.79 Å². The predicted molar refractivity (Wildman–Crippen MR) is 66.9 cm³/mol. The largest absolute Gasteiger partial charge is 0.469 e. The van der Waals surface area contributed by atoms with E-state index in [9.17, 15) is 4.79 Å². The SMILES string of the molecule is COC(=O)C1CN(C)CC1c1cccc(C)c1. The van der Waals surface area contributed by atoms with Crippen molar-refractivity contribution < 1.29 is 9.53 Å². The molecule has 1 aromatic rings. The van der Waals surface area contributed by atoms with Gasteiger partial charge in [0.1, 0.15) is 0 Å². The third-order valence-electron chi connectivity index (χ3n) is 3.48. The Balaban J connectivity index is 2.26. The Morgan fingerprint density at radius 1 is 1.41 bits per heavy atom. The molecule has 1 saturated heterocycles. The molecule has 2 unspecified atom stereocenters. The highest BCUT2D eigenvalue weighted by molar-refractivity contribution is 5.74. The van der Waals surface area contributed by atoms with E-state index in [1.54, 1.807) is 0 Å². The maximum Gasteiger partial charge on any atom is 0.310 e. The molecule has 0 N–H and O–H groups in total. The molecule has 17 heavy (non-hydrogen) atoms. The second kappa shape index (κ2) is 4.88. The first kappa shape index (κ1) is 12.1. The smallest absolute Gasteiger partial charge is 0.310 e. The monoisotopic (exact) mass is 233 g/mol. The van der Waals surface area contributed by atoms with Crippen LogP contribution in [-0.2, 0) is 9.53 Å². The summed E-state index contributed by atoms with van der Waals surface area (Å²) in [4.78, 5) is 14.0. The number of ether oxygens (including phenoxy) is 1. The van der Waals surface area contributed by atoms with E-state index in [1.807, 2.05) is 7.05 Å². The number of benzene rings is 1. The summed E-state index contributed by atoms with van der Waals surface area (Å²) in [6.07, 6.45) is 0. The molecule has 1 aromatic carbocycles. The zero-order chi connectivity index (χ0) is 12.4. The molecule has 0 aromatic heterocycles. The van der Waals surface area contributed by atoms with Crippen LogP contribution in [0.2, 0.25) is 0 Å². The number of methoxy groups -OCH3 is 1. The van der Waals surface area contributed by atoms with Gasteiger partial charge in [-0.25, -0.2) is 0 Å². The van der Waals surface area contributed by atoms with Crippen molar-refractivity contribution in [1.29, 1.82) is 0 Å². The van der Waals surface area contributed by atoms with Crippen LogP contribution in [0.1, 0.15) is 17.0 Å². The van der Waals surface area contributed by atoms with E-state index in [-0.39, 0.29) is 17.8 Å². The average molecular weight is 233 g/mol. The number of nitrogens with zero attached hydrogens (tertiary/aromatic N) is 1. The quantitative estimate of drug-likeness (QED) is 0.730. The fourth-order valence-electron chi connectivity index (χ4n) is 2.63. The Labute approximate surface area is 102 Å². The van der Waals surface area contributed by atoms with Gasteiger partial charge in [-0.2, -0.15) is 0 Å². The minimum atomic E-state index is -0.0964. The minimum absolute atomic E-state index is 0.0354. The van der Waals surface area contributed by atoms with E-state index >= 15 is 0 Å². The highest BCUT2D eigenvalue weighted by Crippen LogP contribution is 2.32. The van der Waals surface area contributed by atoms with Gasteiger partial charge in [0.2, 0.25) is 0 Å². The lowest BCUT2D eigenvalue weighted by Gasteiger charge is -2.17. The first-order valence-corrected chi connectivity index (χ1v) is 5.94.